The van der Waals surface area contributed by atoms with E-state index in [1.807, 2.05) is 0 Å². The smallest absolute Gasteiger partial charge is 0.465 e. The lowest BCUT2D eigenvalue weighted by Crippen LogP contribution is -2.49. The van der Waals surface area contributed by atoms with Gasteiger partial charge in [0.25, 0.3) is 0 Å². The Kier molecular flexibility index (Phi) is 7.34. The highest BCUT2D eigenvalue weighted by Crippen LogP contribution is 2.27. The highest BCUT2D eigenvalue weighted by Gasteiger charge is 2.32. The van der Waals surface area contributed by atoms with Crippen molar-refractivity contribution in [1.29, 1.82) is 0 Å². The fourth-order valence-electron chi connectivity index (χ4n) is 3.26. The maximum Gasteiger partial charge on any atom is 0.573 e. The zero-order chi connectivity index (χ0) is 25.1. The summed E-state index contributed by atoms with van der Waals surface area (Å²) in [4.78, 5) is 27.2. The summed E-state index contributed by atoms with van der Waals surface area (Å²) in [6.07, 6.45) is -4.90. The van der Waals surface area contributed by atoms with Crippen LogP contribution in [0.1, 0.15) is 15.9 Å². The Morgan fingerprint density at radius 2 is 1.68 bits per heavy atom. The number of ether oxygens (including phenoxy) is 2. The maximum atomic E-state index is 14.7. The van der Waals surface area contributed by atoms with Crippen LogP contribution in [0.3, 0.4) is 0 Å². The third-order valence-corrected chi connectivity index (χ3v) is 6.64. The number of carbonyl (C=O) groups excluding carboxylic acids is 2. The normalized spacial score (nSPS) is 15.5. The zero-order valence-electron chi connectivity index (χ0n) is 17.8. The van der Waals surface area contributed by atoms with Gasteiger partial charge in [-0.25, -0.2) is 22.4 Å². The van der Waals surface area contributed by atoms with Crippen LogP contribution >= 0.6 is 0 Å². The van der Waals surface area contributed by atoms with E-state index in [0.717, 1.165) is 30.2 Å². The Bertz CT molecular complexity index is 1150. The van der Waals surface area contributed by atoms with Gasteiger partial charge in [-0.15, -0.1) is 13.2 Å². The summed E-state index contributed by atoms with van der Waals surface area (Å²) >= 11 is 0. The number of carbonyl (C=O) groups is 2. The van der Waals surface area contributed by atoms with E-state index < -0.39 is 39.8 Å². The Morgan fingerprint density at radius 1 is 1.06 bits per heavy atom. The standard InChI is InChI=1S/C21H20F4N2O6S/c1-32-19(28)14-2-3-15(18(22)12-14)13-27(20(29)26-8-10-34(30,31)11-9-26)16-4-6-17(7-5-16)33-21(23,24)25/h2-7,12H,8-11,13H2,1H3. The summed E-state index contributed by atoms with van der Waals surface area (Å²) in [7, 11) is -2.14. The molecule has 3 rings (SSSR count). The van der Waals surface area contributed by atoms with Crippen molar-refractivity contribution in [3.63, 3.8) is 0 Å². The van der Waals surface area contributed by atoms with Gasteiger partial charge in [0.15, 0.2) is 9.84 Å². The van der Waals surface area contributed by atoms with E-state index >= 15 is 0 Å². The molecule has 2 amide bonds. The number of methoxy groups -OCH3 is 1. The van der Waals surface area contributed by atoms with Crippen molar-refractivity contribution in [3.05, 3.63) is 59.4 Å². The van der Waals surface area contributed by atoms with E-state index in [9.17, 15) is 35.6 Å². The number of anilines is 1. The molecule has 2 aromatic rings. The maximum absolute atomic E-state index is 14.7. The van der Waals surface area contributed by atoms with E-state index in [0.29, 0.717) is 0 Å². The first kappa shape index (κ1) is 25.3. The summed E-state index contributed by atoms with van der Waals surface area (Å²) in [5, 5.41) is 0. The van der Waals surface area contributed by atoms with Crippen molar-refractivity contribution in [2.45, 2.75) is 12.9 Å². The summed E-state index contributed by atoms with van der Waals surface area (Å²) < 4.78 is 83.9. The van der Waals surface area contributed by atoms with Gasteiger partial charge in [-0.3, -0.25) is 4.90 Å². The molecule has 184 valence electrons. The van der Waals surface area contributed by atoms with Gasteiger partial charge in [-0.2, -0.15) is 0 Å². The van der Waals surface area contributed by atoms with Gasteiger partial charge < -0.3 is 14.4 Å². The summed E-state index contributed by atoms with van der Waals surface area (Å²) in [5.74, 6) is -2.56. The van der Waals surface area contributed by atoms with Crippen molar-refractivity contribution >= 4 is 27.5 Å². The van der Waals surface area contributed by atoms with Crippen molar-refractivity contribution in [3.8, 4) is 5.75 Å². The Labute approximate surface area is 192 Å². The minimum Gasteiger partial charge on any atom is -0.465 e. The molecule has 1 fully saturated rings. The molecule has 0 aromatic heterocycles. The molecule has 0 radical (unpaired) electrons. The lowest BCUT2D eigenvalue weighted by Gasteiger charge is -2.33. The highest BCUT2D eigenvalue weighted by molar-refractivity contribution is 7.91. The summed E-state index contributed by atoms with van der Waals surface area (Å²) in [6, 6.07) is 7.26. The first-order chi connectivity index (χ1) is 15.9. The molecule has 1 aliphatic heterocycles. The fraction of sp³-hybridized carbons (Fsp3) is 0.333. The number of alkyl halides is 3. The van der Waals surface area contributed by atoms with E-state index in [2.05, 4.69) is 9.47 Å². The van der Waals surface area contributed by atoms with Crippen molar-refractivity contribution < 1.29 is 45.0 Å². The van der Waals surface area contributed by atoms with E-state index in [1.54, 1.807) is 0 Å². The number of halogens is 4. The molecule has 0 aliphatic carbocycles. The number of urea groups is 1. The zero-order valence-corrected chi connectivity index (χ0v) is 18.7. The predicted molar refractivity (Wildman–Crippen MR) is 113 cm³/mol. The molecule has 0 spiro atoms. The molecule has 0 bridgehead atoms. The van der Waals surface area contributed by atoms with Crippen molar-refractivity contribution in [2.75, 3.05) is 36.6 Å². The van der Waals surface area contributed by atoms with Crippen LogP contribution in [-0.4, -0.2) is 63.4 Å². The van der Waals surface area contributed by atoms with E-state index in [-0.39, 0.29) is 48.0 Å². The van der Waals surface area contributed by atoms with Gasteiger partial charge >= 0.3 is 18.4 Å². The van der Waals surface area contributed by atoms with Crippen LogP contribution in [0.5, 0.6) is 5.75 Å². The second-order valence-corrected chi connectivity index (χ2v) is 9.65. The number of benzene rings is 2. The molecule has 0 atom stereocenters. The minimum atomic E-state index is -4.90. The molecule has 8 nitrogen and oxygen atoms in total. The molecule has 13 heteroatoms. The lowest BCUT2D eigenvalue weighted by atomic mass is 10.1. The first-order valence-corrected chi connectivity index (χ1v) is 11.7. The lowest BCUT2D eigenvalue weighted by molar-refractivity contribution is -0.274. The topological polar surface area (TPSA) is 93.2 Å². The van der Waals surface area contributed by atoms with Gasteiger partial charge in [-0.1, -0.05) is 6.07 Å². The largest absolute Gasteiger partial charge is 0.573 e. The van der Waals surface area contributed by atoms with Gasteiger partial charge in [0.2, 0.25) is 0 Å². The molecule has 2 aromatic carbocycles. The minimum absolute atomic E-state index is 0.0150. The second kappa shape index (κ2) is 9.87. The number of esters is 1. The van der Waals surface area contributed by atoms with Gasteiger partial charge in [0.1, 0.15) is 11.6 Å². The average Bonchev–Trinajstić information content (AvgIpc) is 2.77. The van der Waals surface area contributed by atoms with Crippen LogP contribution < -0.4 is 9.64 Å². The third kappa shape index (κ3) is 6.37. The fourth-order valence-corrected chi connectivity index (χ4v) is 4.46. The SMILES string of the molecule is COC(=O)c1ccc(CN(C(=O)N2CCS(=O)(=O)CC2)c2ccc(OC(F)(F)F)cc2)c(F)c1. The quantitative estimate of drug-likeness (QED) is 0.458. The highest BCUT2D eigenvalue weighted by atomic mass is 32.2. The first-order valence-electron chi connectivity index (χ1n) is 9.88. The van der Waals surface area contributed by atoms with Crippen molar-refractivity contribution in [1.82, 2.24) is 4.90 Å². The number of amides is 2. The average molecular weight is 504 g/mol. The van der Waals surface area contributed by atoms with Gasteiger partial charge in [0, 0.05) is 24.3 Å². The number of rotatable bonds is 5. The number of sulfone groups is 1. The molecule has 1 saturated heterocycles. The summed E-state index contributed by atoms with van der Waals surface area (Å²) in [5.41, 5.74) is 0.0992. The van der Waals surface area contributed by atoms with Crippen LogP contribution in [0.4, 0.5) is 28.0 Å². The van der Waals surface area contributed by atoms with E-state index in [4.69, 9.17) is 0 Å². The molecular formula is C21H20F4N2O6S. The predicted octanol–water partition coefficient (Wildman–Crippen LogP) is 3.37. The van der Waals surface area contributed by atoms with Gasteiger partial charge in [-0.05, 0) is 36.4 Å². The van der Waals surface area contributed by atoms with Crippen LogP contribution in [0.25, 0.3) is 0 Å². The Balaban J connectivity index is 1.91. The van der Waals surface area contributed by atoms with Crippen LogP contribution in [0.15, 0.2) is 42.5 Å². The molecular weight excluding hydrogens is 484 g/mol. The molecule has 0 N–H and O–H groups in total. The Morgan fingerprint density at radius 3 is 2.21 bits per heavy atom. The Hall–Kier alpha value is -3.35. The summed E-state index contributed by atoms with van der Waals surface area (Å²) in [6.45, 7) is -0.512. The number of nitrogens with zero attached hydrogens (tertiary/aromatic N) is 2. The molecule has 0 unspecified atom stereocenters. The molecule has 1 aliphatic rings. The van der Waals surface area contributed by atoms with Crippen LogP contribution in [0, 0.1) is 5.82 Å². The van der Waals surface area contributed by atoms with Crippen molar-refractivity contribution in [2.24, 2.45) is 0 Å². The number of hydrogen-bond acceptors (Lipinski definition) is 6. The second-order valence-electron chi connectivity index (χ2n) is 7.35. The number of hydrogen-bond donors (Lipinski definition) is 0. The molecule has 0 saturated carbocycles. The molecule has 34 heavy (non-hydrogen) atoms. The molecule has 1 heterocycles. The van der Waals surface area contributed by atoms with Crippen LogP contribution in [0.2, 0.25) is 0 Å². The third-order valence-electron chi connectivity index (χ3n) is 5.03. The van der Waals surface area contributed by atoms with Crippen LogP contribution in [-0.2, 0) is 21.1 Å². The van der Waals surface area contributed by atoms with Gasteiger partial charge in [0.05, 0.1) is 30.7 Å². The monoisotopic (exact) mass is 504 g/mol. The van der Waals surface area contributed by atoms with E-state index in [1.165, 1.54) is 29.2 Å².